The summed E-state index contributed by atoms with van der Waals surface area (Å²) in [5, 5.41) is 0.567. The van der Waals surface area contributed by atoms with Gasteiger partial charge in [0, 0.05) is 35.6 Å². The number of sulfone groups is 1. The van der Waals surface area contributed by atoms with Crippen LogP contribution >= 0.6 is 11.8 Å². The molecule has 0 radical (unpaired) electrons. The predicted octanol–water partition coefficient (Wildman–Crippen LogP) is 5.18. The van der Waals surface area contributed by atoms with Gasteiger partial charge in [-0.05, 0) is 67.9 Å². The first kappa shape index (κ1) is 26.3. The number of hydrogen-bond donors (Lipinski definition) is 0. The molecule has 2 aromatic rings. The van der Waals surface area contributed by atoms with E-state index in [1.165, 1.54) is 35.9 Å². The van der Waals surface area contributed by atoms with Gasteiger partial charge < -0.3 is 9.80 Å². The quantitative estimate of drug-likeness (QED) is 0.483. The van der Waals surface area contributed by atoms with Gasteiger partial charge in [-0.15, -0.1) is 0 Å². The molecule has 2 atom stereocenters. The van der Waals surface area contributed by atoms with E-state index in [4.69, 9.17) is 0 Å². The average molecular weight is 540 g/mol. The fourth-order valence-electron chi connectivity index (χ4n) is 5.86. The van der Waals surface area contributed by atoms with Crippen molar-refractivity contribution in [3.63, 3.8) is 0 Å². The van der Waals surface area contributed by atoms with Crippen LogP contribution in [-0.2, 0) is 21.1 Å². The topological polar surface area (TPSA) is 70.0 Å². The van der Waals surface area contributed by atoms with E-state index in [9.17, 15) is 13.2 Å². The van der Waals surface area contributed by atoms with Gasteiger partial charge in [-0.1, -0.05) is 55.9 Å². The monoisotopic (exact) mass is 539 g/mol. The molecule has 0 aromatic heterocycles. The Morgan fingerprint density at radius 3 is 2.27 bits per heavy atom. The molecule has 3 aliphatic heterocycles. The van der Waals surface area contributed by atoms with Crippen molar-refractivity contribution in [2.24, 2.45) is 16.8 Å². The number of amidine groups is 1. The van der Waals surface area contributed by atoms with Crippen LogP contribution in [0.4, 0.5) is 11.4 Å². The van der Waals surface area contributed by atoms with E-state index in [0.717, 1.165) is 38.0 Å². The lowest BCUT2D eigenvalue weighted by Crippen LogP contribution is -2.38. The van der Waals surface area contributed by atoms with Crippen molar-refractivity contribution in [3.8, 4) is 0 Å². The Kier molecular flexibility index (Phi) is 7.96. The highest BCUT2D eigenvalue weighted by Gasteiger charge is 2.49. The molecule has 3 saturated heterocycles. The van der Waals surface area contributed by atoms with E-state index in [1.807, 2.05) is 18.7 Å². The Hall–Kier alpha value is -2.32. The minimum absolute atomic E-state index is 0.0819. The average Bonchev–Trinajstić information content (AvgIpc) is 3.36. The van der Waals surface area contributed by atoms with E-state index < -0.39 is 9.84 Å². The molecule has 37 heavy (non-hydrogen) atoms. The third kappa shape index (κ3) is 5.90. The molecule has 0 bridgehead atoms. The van der Waals surface area contributed by atoms with Crippen LogP contribution in [-0.4, -0.2) is 55.4 Å². The number of anilines is 2. The Morgan fingerprint density at radius 1 is 0.973 bits per heavy atom. The highest BCUT2D eigenvalue weighted by molar-refractivity contribution is 8.16. The molecule has 6 nitrogen and oxygen atoms in total. The molecule has 0 saturated carbocycles. The standard InChI is InChI=1S/C29H37N3O3S2/c1-3-23(4-2)28(33)30-29-32(26-19-37(34,35)20-27(26)36-29)25-12-10-24(11-13-25)31-16-14-22(15-17-31)18-21-8-6-5-7-9-21/h5-13,22-23,26-27H,3-4,14-20H2,1-2H3/t26-,27+/m1/s1. The molecule has 2 aromatic carbocycles. The molecule has 3 heterocycles. The van der Waals surface area contributed by atoms with Crippen LogP contribution in [0.5, 0.6) is 0 Å². The summed E-state index contributed by atoms with van der Waals surface area (Å²) in [7, 11) is -3.09. The fourth-order valence-corrected chi connectivity index (χ4v) is 9.78. The second-order valence-corrected chi connectivity index (χ2v) is 13.9. The number of carbonyl (C=O) groups excluding carboxylic acids is 1. The highest BCUT2D eigenvalue weighted by atomic mass is 32.2. The SMILES string of the molecule is CCC(CC)C(=O)N=C1S[C@H]2CS(=O)(=O)C[C@H]2N1c1ccc(N2CCC(Cc3ccccc3)CC2)cc1. The third-order valence-corrected chi connectivity index (χ3v) is 11.3. The third-order valence-electron chi connectivity index (χ3n) is 8.08. The normalized spacial score (nSPS) is 24.7. The van der Waals surface area contributed by atoms with Crippen molar-refractivity contribution in [1.82, 2.24) is 0 Å². The molecule has 3 aliphatic rings. The Bertz CT molecular complexity index is 1220. The van der Waals surface area contributed by atoms with Crippen LogP contribution < -0.4 is 9.80 Å². The summed E-state index contributed by atoms with van der Waals surface area (Å²) >= 11 is 1.45. The summed E-state index contributed by atoms with van der Waals surface area (Å²) in [6.45, 7) is 6.10. The first-order chi connectivity index (χ1) is 17.9. The number of carbonyl (C=O) groups is 1. The van der Waals surface area contributed by atoms with Crippen LogP contribution in [0.15, 0.2) is 59.6 Å². The van der Waals surface area contributed by atoms with Crippen molar-refractivity contribution in [1.29, 1.82) is 0 Å². The lowest BCUT2D eigenvalue weighted by Gasteiger charge is -2.34. The molecule has 198 valence electrons. The van der Waals surface area contributed by atoms with Crippen LogP contribution in [0.3, 0.4) is 0 Å². The largest absolute Gasteiger partial charge is 0.372 e. The first-order valence-corrected chi connectivity index (χ1v) is 16.2. The maximum atomic E-state index is 12.8. The van der Waals surface area contributed by atoms with Gasteiger partial charge in [0.1, 0.15) is 0 Å². The van der Waals surface area contributed by atoms with E-state index in [0.29, 0.717) is 11.1 Å². The van der Waals surface area contributed by atoms with E-state index in [2.05, 4.69) is 64.5 Å². The first-order valence-electron chi connectivity index (χ1n) is 13.5. The van der Waals surface area contributed by atoms with Crippen molar-refractivity contribution in [2.45, 2.75) is 57.2 Å². The van der Waals surface area contributed by atoms with Crippen molar-refractivity contribution < 1.29 is 13.2 Å². The number of hydrogen-bond acceptors (Lipinski definition) is 5. The van der Waals surface area contributed by atoms with Crippen molar-refractivity contribution in [2.75, 3.05) is 34.4 Å². The van der Waals surface area contributed by atoms with Gasteiger partial charge in [0.15, 0.2) is 15.0 Å². The molecular formula is C29H37N3O3S2. The molecule has 8 heteroatoms. The van der Waals surface area contributed by atoms with E-state index in [-0.39, 0.29) is 34.6 Å². The highest BCUT2D eigenvalue weighted by Crippen LogP contribution is 2.41. The van der Waals surface area contributed by atoms with Crippen LogP contribution in [0, 0.1) is 11.8 Å². The predicted molar refractivity (Wildman–Crippen MR) is 154 cm³/mol. The Morgan fingerprint density at radius 2 is 1.62 bits per heavy atom. The zero-order valence-electron chi connectivity index (χ0n) is 21.8. The number of piperidine rings is 1. The molecule has 5 rings (SSSR count). The van der Waals surface area contributed by atoms with Gasteiger partial charge in [0.25, 0.3) is 5.91 Å². The number of fused-ring (bicyclic) bond motifs is 1. The Labute approximate surface area is 225 Å². The summed E-state index contributed by atoms with van der Waals surface area (Å²) in [6.07, 6.45) is 5.01. The molecule has 0 aliphatic carbocycles. The molecule has 3 fully saturated rings. The second kappa shape index (κ2) is 11.2. The molecule has 0 unspecified atom stereocenters. The summed E-state index contributed by atoms with van der Waals surface area (Å²) < 4.78 is 24.8. The van der Waals surface area contributed by atoms with Crippen molar-refractivity contribution >= 4 is 44.0 Å². The molecule has 1 amide bonds. The van der Waals surface area contributed by atoms with Gasteiger partial charge in [-0.3, -0.25) is 4.79 Å². The minimum atomic E-state index is -3.09. The Balaban J connectivity index is 1.30. The number of rotatable bonds is 7. The minimum Gasteiger partial charge on any atom is -0.372 e. The number of nitrogens with zero attached hydrogens (tertiary/aromatic N) is 3. The molecule has 0 spiro atoms. The molecular weight excluding hydrogens is 502 g/mol. The van der Waals surface area contributed by atoms with Gasteiger partial charge in [-0.2, -0.15) is 4.99 Å². The summed E-state index contributed by atoms with van der Waals surface area (Å²) in [5.74, 6) is 0.779. The number of aliphatic imine (C=N–C) groups is 1. The van der Waals surface area contributed by atoms with Gasteiger partial charge in [0.05, 0.1) is 17.5 Å². The summed E-state index contributed by atoms with van der Waals surface area (Å²) in [6, 6.07) is 19.0. The zero-order chi connectivity index (χ0) is 26.0. The maximum Gasteiger partial charge on any atom is 0.251 e. The van der Waals surface area contributed by atoms with Crippen LogP contribution in [0.2, 0.25) is 0 Å². The van der Waals surface area contributed by atoms with E-state index in [1.54, 1.807) is 0 Å². The number of thioether (sulfide) groups is 1. The van der Waals surface area contributed by atoms with Crippen molar-refractivity contribution in [3.05, 3.63) is 60.2 Å². The van der Waals surface area contributed by atoms with Crippen LogP contribution in [0.25, 0.3) is 0 Å². The van der Waals surface area contributed by atoms with Gasteiger partial charge in [0.2, 0.25) is 0 Å². The maximum absolute atomic E-state index is 12.8. The lowest BCUT2D eigenvalue weighted by molar-refractivity contribution is -0.121. The zero-order valence-corrected chi connectivity index (χ0v) is 23.4. The fraction of sp³-hybridized carbons (Fsp3) is 0.517. The van der Waals surface area contributed by atoms with Gasteiger partial charge >= 0.3 is 0 Å². The van der Waals surface area contributed by atoms with Gasteiger partial charge in [-0.25, -0.2) is 8.42 Å². The number of amides is 1. The van der Waals surface area contributed by atoms with Crippen LogP contribution in [0.1, 0.15) is 45.1 Å². The van der Waals surface area contributed by atoms with E-state index >= 15 is 0 Å². The lowest BCUT2D eigenvalue weighted by atomic mass is 9.90. The number of benzene rings is 2. The summed E-state index contributed by atoms with van der Waals surface area (Å²) in [4.78, 5) is 21.8. The summed E-state index contributed by atoms with van der Waals surface area (Å²) in [5.41, 5.74) is 3.52. The smallest absolute Gasteiger partial charge is 0.251 e. The molecule has 0 N–H and O–H groups in total. The second-order valence-electron chi connectivity index (χ2n) is 10.6.